The number of ketones is 1. The summed E-state index contributed by atoms with van der Waals surface area (Å²) >= 11 is 0. The Hall–Kier alpha value is -2.08. The summed E-state index contributed by atoms with van der Waals surface area (Å²) in [6, 6.07) is 4.70. The van der Waals surface area contributed by atoms with E-state index in [9.17, 15) is 14.7 Å². The third kappa shape index (κ3) is 1.76. The number of carboxylic acids is 1. The third-order valence-electron chi connectivity index (χ3n) is 3.35. The van der Waals surface area contributed by atoms with Crippen LogP contribution >= 0.6 is 0 Å². The highest BCUT2D eigenvalue weighted by Crippen LogP contribution is 2.36. The zero-order valence-electron chi connectivity index (χ0n) is 10.0. The number of hydrogen-bond acceptors (Lipinski definition) is 5. The fourth-order valence-corrected chi connectivity index (χ4v) is 2.12. The van der Waals surface area contributed by atoms with E-state index in [2.05, 4.69) is 0 Å². The lowest BCUT2D eigenvalue weighted by molar-refractivity contribution is -0.169. The highest BCUT2D eigenvalue weighted by Gasteiger charge is 2.53. The van der Waals surface area contributed by atoms with E-state index in [4.69, 9.17) is 14.2 Å². The van der Waals surface area contributed by atoms with Crippen molar-refractivity contribution >= 4 is 11.8 Å². The second-order valence-corrected chi connectivity index (χ2v) is 4.57. The first-order chi connectivity index (χ1) is 9.13. The highest BCUT2D eigenvalue weighted by atomic mass is 16.6. The van der Waals surface area contributed by atoms with Crippen LogP contribution < -0.4 is 9.47 Å². The van der Waals surface area contributed by atoms with Gasteiger partial charge in [0, 0.05) is 5.56 Å². The Morgan fingerprint density at radius 3 is 2.37 bits per heavy atom. The number of hydrogen-bond donors (Lipinski definition) is 1. The topological polar surface area (TPSA) is 82.1 Å². The van der Waals surface area contributed by atoms with E-state index in [-0.39, 0.29) is 13.2 Å². The Balaban J connectivity index is 1.94. The Morgan fingerprint density at radius 1 is 1.11 bits per heavy atom. The van der Waals surface area contributed by atoms with Gasteiger partial charge in [-0.2, -0.15) is 0 Å². The first-order valence-corrected chi connectivity index (χ1v) is 5.89. The van der Waals surface area contributed by atoms with Gasteiger partial charge in [0.2, 0.25) is 0 Å². The quantitative estimate of drug-likeness (QED) is 0.640. The van der Waals surface area contributed by atoms with Gasteiger partial charge in [0.15, 0.2) is 22.7 Å². The number of ether oxygens (including phenoxy) is 3. The molecule has 6 heteroatoms. The van der Waals surface area contributed by atoms with Gasteiger partial charge in [-0.3, -0.25) is 9.59 Å². The van der Waals surface area contributed by atoms with Gasteiger partial charge in [0.25, 0.3) is 0 Å². The number of rotatable bonds is 3. The molecule has 0 spiro atoms. The number of benzene rings is 1. The van der Waals surface area contributed by atoms with Crippen molar-refractivity contribution in [2.45, 2.75) is 0 Å². The van der Waals surface area contributed by atoms with Crippen LogP contribution in [0, 0.1) is 5.41 Å². The lowest BCUT2D eigenvalue weighted by atomic mass is 9.78. The summed E-state index contributed by atoms with van der Waals surface area (Å²) in [5, 5.41) is 9.20. The molecule has 1 N–H and O–H groups in total. The Kier molecular flexibility index (Phi) is 2.67. The number of aliphatic carboxylic acids is 1. The van der Waals surface area contributed by atoms with Crippen LogP contribution in [0.5, 0.6) is 11.5 Å². The number of Topliss-reactive ketones (excluding diaryl/α,β-unsaturated/α-hetero) is 1. The minimum Gasteiger partial charge on any atom is -0.486 e. The monoisotopic (exact) mass is 264 g/mol. The molecule has 0 unspecified atom stereocenters. The molecule has 0 saturated carbocycles. The van der Waals surface area contributed by atoms with Gasteiger partial charge in [0.05, 0.1) is 13.2 Å². The maximum atomic E-state index is 12.3. The van der Waals surface area contributed by atoms with Crippen LogP contribution in [0.1, 0.15) is 10.4 Å². The van der Waals surface area contributed by atoms with Crippen molar-refractivity contribution < 1.29 is 28.9 Å². The number of carbonyl (C=O) groups is 2. The standard InChI is InChI=1S/C13H12O6/c14-11(13(12(15)16)6-17-7-13)8-1-2-9-10(5-8)19-4-3-18-9/h1-2,5H,3-4,6-7H2,(H,15,16). The van der Waals surface area contributed by atoms with E-state index in [0.717, 1.165) is 0 Å². The molecule has 0 aliphatic carbocycles. The molecule has 1 saturated heterocycles. The molecule has 2 aliphatic rings. The molecule has 1 aromatic carbocycles. The van der Waals surface area contributed by atoms with Crippen molar-refractivity contribution in [1.29, 1.82) is 0 Å². The largest absolute Gasteiger partial charge is 0.486 e. The fourth-order valence-electron chi connectivity index (χ4n) is 2.12. The Bertz CT molecular complexity index is 546. The molecule has 19 heavy (non-hydrogen) atoms. The Labute approximate surface area is 108 Å². The maximum Gasteiger partial charge on any atom is 0.322 e. The normalized spacial score (nSPS) is 19.4. The second kappa shape index (κ2) is 4.24. The van der Waals surface area contributed by atoms with Crippen molar-refractivity contribution in [3.63, 3.8) is 0 Å². The molecule has 0 amide bonds. The molecule has 6 nitrogen and oxygen atoms in total. The van der Waals surface area contributed by atoms with Gasteiger partial charge in [-0.1, -0.05) is 0 Å². The van der Waals surface area contributed by atoms with Crippen molar-refractivity contribution in [1.82, 2.24) is 0 Å². The van der Waals surface area contributed by atoms with Gasteiger partial charge >= 0.3 is 5.97 Å². The molecular weight excluding hydrogens is 252 g/mol. The summed E-state index contributed by atoms with van der Waals surface area (Å²) < 4.78 is 15.6. The molecule has 2 heterocycles. The summed E-state index contributed by atoms with van der Waals surface area (Å²) in [5.74, 6) is -0.572. The predicted molar refractivity (Wildman–Crippen MR) is 62.7 cm³/mol. The van der Waals surface area contributed by atoms with Crippen molar-refractivity contribution in [2.24, 2.45) is 5.41 Å². The van der Waals surface area contributed by atoms with Gasteiger partial charge < -0.3 is 19.3 Å². The molecule has 0 bridgehead atoms. The lowest BCUT2D eigenvalue weighted by Gasteiger charge is -2.35. The van der Waals surface area contributed by atoms with E-state index in [1.54, 1.807) is 12.1 Å². The molecule has 1 fully saturated rings. The lowest BCUT2D eigenvalue weighted by Crippen LogP contribution is -2.54. The van der Waals surface area contributed by atoms with E-state index in [1.807, 2.05) is 0 Å². The number of carbonyl (C=O) groups excluding carboxylic acids is 1. The average Bonchev–Trinajstić information content (AvgIpc) is 2.36. The zero-order valence-corrected chi connectivity index (χ0v) is 10.0. The number of carboxylic acid groups (broad SMARTS) is 1. The van der Waals surface area contributed by atoms with Crippen molar-refractivity contribution in [3.05, 3.63) is 23.8 Å². The van der Waals surface area contributed by atoms with Gasteiger partial charge in [-0.25, -0.2) is 0 Å². The van der Waals surface area contributed by atoms with Crippen LogP contribution in [-0.4, -0.2) is 43.3 Å². The summed E-state index contributed by atoms with van der Waals surface area (Å²) in [4.78, 5) is 23.6. The average molecular weight is 264 g/mol. The van der Waals surface area contributed by atoms with E-state index in [1.165, 1.54) is 6.07 Å². The highest BCUT2D eigenvalue weighted by molar-refractivity contribution is 6.13. The van der Waals surface area contributed by atoms with Crippen LogP contribution in [0.25, 0.3) is 0 Å². The molecular formula is C13H12O6. The van der Waals surface area contributed by atoms with Crippen LogP contribution in [0.15, 0.2) is 18.2 Å². The minimum absolute atomic E-state index is 0.0877. The van der Waals surface area contributed by atoms with E-state index < -0.39 is 17.2 Å². The summed E-state index contributed by atoms with van der Waals surface area (Å²) in [5.41, 5.74) is -1.15. The summed E-state index contributed by atoms with van der Waals surface area (Å²) in [6.45, 7) is 0.705. The summed E-state index contributed by atoms with van der Waals surface area (Å²) in [6.07, 6.45) is 0. The first kappa shape index (κ1) is 12.0. The molecule has 0 atom stereocenters. The van der Waals surface area contributed by atoms with Gasteiger partial charge in [-0.05, 0) is 18.2 Å². The minimum atomic E-state index is -1.45. The Morgan fingerprint density at radius 2 is 1.79 bits per heavy atom. The van der Waals surface area contributed by atoms with Gasteiger partial charge in [-0.15, -0.1) is 0 Å². The van der Waals surface area contributed by atoms with E-state index in [0.29, 0.717) is 30.3 Å². The fraction of sp³-hybridized carbons (Fsp3) is 0.385. The number of fused-ring (bicyclic) bond motifs is 1. The first-order valence-electron chi connectivity index (χ1n) is 5.89. The molecule has 100 valence electrons. The molecule has 3 rings (SSSR count). The summed E-state index contributed by atoms with van der Waals surface area (Å²) in [7, 11) is 0. The van der Waals surface area contributed by atoms with Crippen molar-refractivity contribution in [2.75, 3.05) is 26.4 Å². The molecule has 0 radical (unpaired) electrons. The van der Waals surface area contributed by atoms with Crippen LogP contribution in [-0.2, 0) is 9.53 Å². The van der Waals surface area contributed by atoms with Crippen LogP contribution in [0.3, 0.4) is 0 Å². The predicted octanol–water partition coefficient (Wildman–Crippen LogP) is 0.742. The SMILES string of the molecule is O=C(O)C1(C(=O)c2ccc3c(c2)OCCO3)COC1. The third-order valence-corrected chi connectivity index (χ3v) is 3.35. The maximum absolute atomic E-state index is 12.3. The van der Waals surface area contributed by atoms with Gasteiger partial charge in [0.1, 0.15) is 13.2 Å². The van der Waals surface area contributed by atoms with Crippen LogP contribution in [0.4, 0.5) is 0 Å². The smallest absolute Gasteiger partial charge is 0.322 e. The molecule has 2 aliphatic heterocycles. The zero-order chi connectivity index (χ0) is 13.5. The second-order valence-electron chi connectivity index (χ2n) is 4.57. The molecule has 0 aromatic heterocycles. The van der Waals surface area contributed by atoms with Crippen molar-refractivity contribution in [3.8, 4) is 11.5 Å². The molecule has 1 aromatic rings. The van der Waals surface area contributed by atoms with E-state index >= 15 is 0 Å². The van der Waals surface area contributed by atoms with Crippen LogP contribution in [0.2, 0.25) is 0 Å².